The van der Waals surface area contributed by atoms with Crippen molar-refractivity contribution in [3.05, 3.63) is 0 Å². The standard InChI is InChI=1S/C37H74NO8P/c1-3-5-7-9-11-13-15-17-19-20-22-24-26-29-36(39)43-33-35(34-45-47(41,42)44-32-28-31-38)46-37(40)30-27-25-23-21-18-16-14-12-10-8-6-4-2/h35H,3-34,38H2,1-2H3,(H,41,42)/t35-/m0/s1. The molecule has 0 radical (unpaired) electrons. The molecule has 0 aliphatic rings. The molecule has 0 aromatic rings. The van der Waals surface area contributed by atoms with E-state index in [2.05, 4.69) is 13.8 Å². The average Bonchev–Trinajstić information content (AvgIpc) is 3.05. The van der Waals surface area contributed by atoms with Crippen molar-refractivity contribution in [1.29, 1.82) is 0 Å². The summed E-state index contributed by atoms with van der Waals surface area (Å²) >= 11 is 0. The van der Waals surface area contributed by atoms with Crippen molar-refractivity contribution in [3.8, 4) is 0 Å². The van der Waals surface area contributed by atoms with E-state index in [-0.39, 0.29) is 25.6 Å². The van der Waals surface area contributed by atoms with E-state index in [1.54, 1.807) is 0 Å². The Labute approximate surface area is 288 Å². The summed E-state index contributed by atoms with van der Waals surface area (Å²) in [6.45, 7) is 4.13. The minimum absolute atomic E-state index is 0.0260. The molecule has 0 saturated heterocycles. The lowest BCUT2D eigenvalue weighted by Crippen LogP contribution is -2.29. The molecule has 0 saturated carbocycles. The van der Waals surface area contributed by atoms with Crippen LogP contribution in [0.2, 0.25) is 0 Å². The normalized spacial score (nSPS) is 13.4. The van der Waals surface area contributed by atoms with Gasteiger partial charge in [-0.05, 0) is 25.8 Å². The summed E-state index contributed by atoms with van der Waals surface area (Å²) in [5, 5.41) is 0. The van der Waals surface area contributed by atoms with E-state index in [0.717, 1.165) is 32.1 Å². The largest absolute Gasteiger partial charge is 0.472 e. The van der Waals surface area contributed by atoms with Crippen LogP contribution in [0.25, 0.3) is 0 Å². The summed E-state index contributed by atoms with van der Waals surface area (Å²) in [7, 11) is -4.35. The Kier molecular flexibility index (Phi) is 34.1. The number of phosphoric acid groups is 1. The Morgan fingerprint density at radius 2 is 0.936 bits per heavy atom. The van der Waals surface area contributed by atoms with Crippen molar-refractivity contribution >= 4 is 19.8 Å². The van der Waals surface area contributed by atoms with Crippen LogP contribution in [-0.2, 0) is 32.7 Å². The molecule has 280 valence electrons. The van der Waals surface area contributed by atoms with Crippen molar-refractivity contribution in [2.24, 2.45) is 5.73 Å². The highest BCUT2D eigenvalue weighted by Gasteiger charge is 2.26. The number of unbranched alkanes of at least 4 members (excludes halogenated alkanes) is 23. The van der Waals surface area contributed by atoms with Crippen LogP contribution in [0.5, 0.6) is 0 Å². The van der Waals surface area contributed by atoms with Crippen LogP contribution in [0.4, 0.5) is 0 Å². The molecule has 0 aliphatic carbocycles. The van der Waals surface area contributed by atoms with Gasteiger partial charge in [-0.15, -0.1) is 0 Å². The fourth-order valence-electron chi connectivity index (χ4n) is 5.49. The summed E-state index contributed by atoms with van der Waals surface area (Å²) in [4.78, 5) is 34.8. The topological polar surface area (TPSA) is 134 Å². The van der Waals surface area contributed by atoms with Crippen LogP contribution < -0.4 is 5.73 Å². The molecule has 9 nitrogen and oxygen atoms in total. The van der Waals surface area contributed by atoms with Crippen LogP contribution in [0.1, 0.15) is 194 Å². The Balaban J connectivity index is 4.25. The van der Waals surface area contributed by atoms with Crippen LogP contribution >= 0.6 is 7.82 Å². The molecule has 0 aliphatic heterocycles. The van der Waals surface area contributed by atoms with Gasteiger partial charge >= 0.3 is 19.8 Å². The van der Waals surface area contributed by atoms with Crippen LogP contribution in [0.15, 0.2) is 0 Å². The summed E-state index contributed by atoms with van der Waals surface area (Å²) < 4.78 is 33.0. The van der Waals surface area contributed by atoms with E-state index in [9.17, 15) is 19.0 Å². The first-order valence-corrected chi connectivity index (χ1v) is 21.0. The quantitative estimate of drug-likeness (QED) is 0.0371. The van der Waals surface area contributed by atoms with E-state index < -0.39 is 26.5 Å². The molecular formula is C37H74NO8P. The SMILES string of the molecule is CCCCCCCCCCCCCCCC(=O)OC[C@@H](COP(=O)(O)OCCCN)OC(=O)CCCCCCCCCCCCCC. The Morgan fingerprint density at radius 3 is 1.34 bits per heavy atom. The van der Waals surface area contributed by atoms with Gasteiger partial charge in [-0.1, -0.05) is 162 Å². The van der Waals surface area contributed by atoms with Gasteiger partial charge in [0, 0.05) is 12.8 Å². The molecule has 0 bridgehead atoms. The molecule has 0 heterocycles. The highest BCUT2D eigenvalue weighted by molar-refractivity contribution is 7.47. The van der Waals surface area contributed by atoms with Gasteiger partial charge in [0.25, 0.3) is 0 Å². The second-order valence-corrected chi connectivity index (χ2v) is 14.6. The summed E-state index contributed by atoms with van der Waals surface area (Å²) in [5.74, 6) is -0.809. The molecular weight excluding hydrogens is 617 g/mol. The lowest BCUT2D eigenvalue weighted by Gasteiger charge is -2.20. The monoisotopic (exact) mass is 692 g/mol. The predicted molar refractivity (Wildman–Crippen MR) is 192 cm³/mol. The summed E-state index contributed by atoms with van der Waals surface area (Å²) in [5.41, 5.74) is 5.41. The molecule has 0 aromatic heterocycles. The second kappa shape index (κ2) is 34.9. The van der Waals surface area contributed by atoms with E-state index in [0.29, 0.717) is 25.8 Å². The lowest BCUT2D eigenvalue weighted by atomic mass is 10.0. The molecule has 3 N–H and O–H groups in total. The fourth-order valence-corrected chi connectivity index (χ4v) is 6.28. The number of rotatable bonds is 37. The minimum Gasteiger partial charge on any atom is -0.462 e. The molecule has 2 atom stereocenters. The maximum absolute atomic E-state index is 12.5. The third kappa shape index (κ3) is 34.7. The number of ether oxygens (including phenoxy) is 2. The maximum Gasteiger partial charge on any atom is 0.472 e. The van der Waals surface area contributed by atoms with Crippen LogP contribution in [0.3, 0.4) is 0 Å². The molecule has 0 aromatic carbocycles. The van der Waals surface area contributed by atoms with Crippen LogP contribution in [-0.4, -0.2) is 49.3 Å². The number of esters is 2. The van der Waals surface area contributed by atoms with E-state index in [1.807, 2.05) is 0 Å². The van der Waals surface area contributed by atoms with Crippen molar-refractivity contribution in [2.75, 3.05) is 26.4 Å². The van der Waals surface area contributed by atoms with Gasteiger partial charge in [0.15, 0.2) is 6.10 Å². The number of carbonyl (C=O) groups excluding carboxylic acids is 2. The molecule has 0 fully saturated rings. The smallest absolute Gasteiger partial charge is 0.462 e. The van der Waals surface area contributed by atoms with Gasteiger partial charge in [0.2, 0.25) is 0 Å². The van der Waals surface area contributed by atoms with Gasteiger partial charge in [-0.2, -0.15) is 0 Å². The minimum atomic E-state index is -4.35. The van der Waals surface area contributed by atoms with Gasteiger partial charge < -0.3 is 20.1 Å². The average molecular weight is 692 g/mol. The first-order valence-electron chi connectivity index (χ1n) is 19.5. The lowest BCUT2D eigenvalue weighted by molar-refractivity contribution is -0.161. The number of carbonyl (C=O) groups is 2. The van der Waals surface area contributed by atoms with Crippen molar-refractivity contribution in [2.45, 2.75) is 200 Å². The first kappa shape index (κ1) is 46.0. The predicted octanol–water partition coefficient (Wildman–Crippen LogP) is 10.5. The van der Waals surface area contributed by atoms with Crippen LogP contribution in [0, 0.1) is 0 Å². The first-order chi connectivity index (χ1) is 22.8. The van der Waals surface area contributed by atoms with E-state index in [1.165, 1.54) is 122 Å². The van der Waals surface area contributed by atoms with Crippen molar-refractivity contribution in [3.63, 3.8) is 0 Å². The molecule has 1 unspecified atom stereocenters. The Bertz CT molecular complexity index is 754. The van der Waals surface area contributed by atoms with Crippen molar-refractivity contribution in [1.82, 2.24) is 0 Å². The molecule has 0 amide bonds. The van der Waals surface area contributed by atoms with Gasteiger partial charge in [-0.25, -0.2) is 4.57 Å². The Morgan fingerprint density at radius 1 is 0.553 bits per heavy atom. The van der Waals surface area contributed by atoms with Crippen molar-refractivity contribution < 1.29 is 37.6 Å². The number of hydrogen-bond donors (Lipinski definition) is 2. The van der Waals surface area contributed by atoms with Gasteiger partial charge in [0.1, 0.15) is 6.61 Å². The molecule has 0 rings (SSSR count). The molecule has 0 spiro atoms. The number of phosphoric ester groups is 1. The second-order valence-electron chi connectivity index (χ2n) is 13.2. The highest BCUT2D eigenvalue weighted by atomic mass is 31.2. The highest BCUT2D eigenvalue weighted by Crippen LogP contribution is 2.43. The Hall–Kier alpha value is -0.990. The summed E-state index contributed by atoms with van der Waals surface area (Å²) in [6.07, 6.45) is 30.3. The zero-order chi connectivity index (χ0) is 34.7. The van der Waals surface area contributed by atoms with Gasteiger partial charge in [-0.3, -0.25) is 18.6 Å². The molecule has 47 heavy (non-hydrogen) atoms. The van der Waals surface area contributed by atoms with E-state index >= 15 is 0 Å². The fraction of sp³-hybridized carbons (Fsp3) is 0.946. The zero-order valence-electron chi connectivity index (χ0n) is 30.5. The zero-order valence-corrected chi connectivity index (χ0v) is 31.4. The summed E-state index contributed by atoms with van der Waals surface area (Å²) in [6, 6.07) is 0. The third-order valence-corrected chi connectivity index (χ3v) is 9.46. The maximum atomic E-state index is 12.5. The molecule has 10 heteroatoms. The number of hydrogen-bond acceptors (Lipinski definition) is 8. The van der Waals surface area contributed by atoms with Gasteiger partial charge in [0.05, 0.1) is 13.2 Å². The third-order valence-electron chi connectivity index (χ3n) is 8.47. The van der Waals surface area contributed by atoms with E-state index in [4.69, 9.17) is 24.3 Å². The number of nitrogens with two attached hydrogens (primary N) is 1.